The summed E-state index contributed by atoms with van der Waals surface area (Å²) < 4.78 is 13.7. The topological polar surface area (TPSA) is 64.9 Å². The van der Waals surface area contributed by atoms with Crippen molar-refractivity contribution < 1.29 is 9.18 Å². The fourth-order valence-corrected chi connectivity index (χ4v) is 2.40. The van der Waals surface area contributed by atoms with Crippen LogP contribution in [-0.4, -0.2) is 18.5 Å². The van der Waals surface area contributed by atoms with Gasteiger partial charge in [-0.3, -0.25) is 4.79 Å². The molecule has 0 aromatic heterocycles. The quantitative estimate of drug-likeness (QED) is 0.870. The van der Waals surface area contributed by atoms with E-state index in [1.54, 1.807) is 6.92 Å². The molecule has 0 spiro atoms. The van der Waals surface area contributed by atoms with Crippen LogP contribution in [0.4, 0.5) is 10.1 Å². The van der Waals surface area contributed by atoms with Gasteiger partial charge in [-0.2, -0.15) is 5.26 Å². The lowest BCUT2D eigenvalue weighted by Gasteiger charge is -2.27. The molecule has 1 heterocycles. The van der Waals surface area contributed by atoms with Crippen LogP contribution in [0, 0.1) is 30.0 Å². The molecule has 2 atom stereocenters. The highest BCUT2D eigenvalue weighted by atomic mass is 19.1. The first-order valence-corrected chi connectivity index (χ1v) is 6.75. The second-order valence-corrected chi connectivity index (χ2v) is 5.37. The van der Waals surface area contributed by atoms with Gasteiger partial charge in [-0.15, -0.1) is 0 Å². The van der Waals surface area contributed by atoms with E-state index in [-0.39, 0.29) is 17.5 Å². The van der Waals surface area contributed by atoms with Gasteiger partial charge < -0.3 is 10.6 Å². The fourth-order valence-electron chi connectivity index (χ4n) is 2.40. The first kappa shape index (κ1) is 14.5. The number of hydrogen-bond donors (Lipinski definition) is 2. The van der Waals surface area contributed by atoms with Crippen LogP contribution in [0.1, 0.15) is 30.9 Å². The summed E-state index contributed by atoms with van der Waals surface area (Å²) >= 11 is 0. The van der Waals surface area contributed by atoms with Crippen molar-refractivity contribution >= 4 is 11.6 Å². The molecule has 5 heteroatoms. The maximum absolute atomic E-state index is 13.7. The molecule has 20 heavy (non-hydrogen) atoms. The molecule has 0 bridgehead atoms. The standard InChI is InChI=1S/C15H18FN3O/c1-9-3-4-18-14(5-9)15(20)19-13-7-11(8-17)6-12(16)10(13)2/h6-7,9,14,18H,3-5H2,1-2H3,(H,19,20). The van der Waals surface area contributed by atoms with E-state index in [0.29, 0.717) is 17.2 Å². The molecule has 1 aromatic carbocycles. The van der Waals surface area contributed by atoms with Crippen molar-refractivity contribution in [3.05, 3.63) is 29.1 Å². The van der Waals surface area contributed by atoms with Crippen LogP contribution in [0.5, 0.6) is 0 Å². The van der Waals surface area contributed by atoms with Crippen LogP contribution in [0.15, 0.2) is 12.1 Å². The molecular formula is C15H18FN3O. The van der Waals surface area contributed by atoms with Crippen LogP contribution in [0.2, 0.25) is 0 Å². The molecule has 4 nitrogen and oxygen atoms in total. The van der Waals surface area contributed by atoms with Crippen LogP contribution < -0.4 is 10.6 Å². The summed E-state index contributed by atoms with van der Waals surface area (Å²) in [5.41, 5.74) is 0.918. The van der Waals surface area contributed by atoms with E-state index in [2.05, 4.69) is 17.6 Å². The minimum absolute atomic E-state index is 0.172. The number of carbonyl (C=O) groups is 1. The molecule has 0 aliphatic carbocycles. The minimum atomic E-state index is -0.482. The van der Waals surface area contributed by atoms with Crippen molar-refractivity contribution in [1.82, 2.24) is 5.32 Å². The number of carbonyl (C=O) groups excluding carboxylic acids is 1. The summed E-state index contributed by atoms with van der Waals surface area (Å²) in [4.78, 5) is 12.2. The van der Waals surface area contributed by atoms with Gasteiger partial charge in [-0.05, 0) is 44.4 Å². The Morgan fingerprint density at radius 3 is 2.95 bits per heavy atom. The molecule has 0 radical (unpaired) electrons. The SMILES string of the molecule is Cc1c(F)cc(C#N)cc1NC(=O)C1CC(C)CCN1. The van der Waals surface area contributed by atoms with Gasteiger partial charge in [-0.1, -0.05) is 6.92 Å². The molecule has 2 rings (SSSR count). The molecule has 1 aromatic rings. The summed E-state index contributed by atoms with van der Waals surface area (Å²) in [6, 6.07) is 4.31. The maximum atomic E-state index is 13.7. The van der Waals surface area contributed by atoms with Crippen molar-refractivity contribution in [3.63, 3.8) is 0 Å². The Balaban J connectivity index is 2.15. The number of benzene rings is 1. The van der Waals surface area contributed by atoms with Crippen LogP contribution >= 0.6 is 0 Å². The lowest BCUT2D eigenvalue weighted by Crippen LogP contribution is -2.45. The zero-order valence-electron chi connectivity index (χ0n) is 11.7. The molecule has 2 unspecified atom stereocenters. The normalized spacial score (nSPS) is 22.1. The third-order valence-corrected chi connectivity index (χ3v) is 3.71. The second-order valence-electron chi connectivity index (χ2n) is 5.37. The average Bonchev–Trinajstić information content (AvgIpc) is 2.43. The number of anilines is 1. The zero-order chi connectivity index (χ0) is 14.7. The second kappa shape index (κ2) is 6.02. The van der Waals surface area contributed by atoms with Crippen LogP contribution in [0.25, 0.3) is 0 Å². The molecule has 0 saturated carbocycles. The zero-order valence-corrected chi connectivity index (χ0v) is 11.7. The Morgan fingerprint density at radius 2 is 2.30 bits per heavy atom. The molecule has 1 fully saturated rings. The summed E-state index contributed by atoms with van der Waals surface area (Å²) in [5.74, 6) is -0.159. The Hall–Kier alpha value is -1.93. The highest BCUT2D eigenvalue weighted by molar-refractivity contribution is 5.95. The molecule has 2 N–H and O–H groups in total. The summed E-state index contributed by atoms with van der Waals surface area (Å²) in [5, 5.41) is 14.7. The molecule has 1 saturated heterocycles. The number of hydrogen-bond acceptors (Lipinski definition) is 3. The van der Waals surface area contributed by atoms with Crippen molar-refractivity contribution in [2.45, 2.75) is 32.7 Å². The lowest BCUT2D eigenvalue weighted by atomic mass is 9.94. The summed E-state index contributed by atoms with van der Waals surface area (Å²) in [6.45, 7) is 4.51. The first-order valence-electron chi connectivity index (χ1n) is 6.75. The fraction of sp³-hybridized carbons (Fsp3) is 0.467. The Kier molecular flexibility index (Phi) is 4.35. The van der Waals surface area contributed by atoms with Crippen LogP contribution in [0.3, 0.4) is 0 Å². The van der Waals surface area contributed by atoms with Gasteiger partial charge in [0.05, 0.1) is 17.7 Å². The lowest BCUT2D eigenvalue weighted by molar-refractivity contribution is -0.119. The predicted octanol–water partition coefficient (Wildman–Crippen LogP) is 2.33. The smallest absolute Gasteiger partial charge is 0.241 e. The number of nitrogens with zero attached hydrogens (tertiary/aromatic N) is 1. The first-order chi connectivity index (χ1) is 9.51. The van der Waals surface area contributed by atoms with Gasteiger partial charge in [0.25, 0.3) is 0 Å². The van der Waals surface area contributed by atoms with Gasteiger partial charge in [0, 0.05) is 11.3 Å². The monoisotopic (exact) mass is 275 g/mol. The van der Waals surface area contributed by atoms with E-state index >= 15 is 0 Å². The summed E-state index contributed by atoms with van der Waals surface area (Å²) in [6.07, 6.45) is 1.83. The van der Waals surface area contributed by atoms with E-state index in [9.17, 15) is 9.18 Å². The number of rotatable bonds is 2. The molecule has 106 valence electrons. The maximum Gasteiger partial charge on any atom is 0.241 e. The van der Waals surface area contributed by atoms with Crippen molar-refractivity contribution in [2.24, 2.45) is 5.92 Å². The molecule has 1 aliphatic rings. The Labute approximate surface area is 118 Å². The van der Waals surface area contributed by atoms with Gasteiger partial charge in [0.1, 0.15) is 5.82 Å². The van der Waals surface area contributed by atoms with Gasteiger partial charge >= 0.3 is 0 Å². The highest BCUT2D eigenvalue weighted by Crippen LogP contribution is 2.22. The largest absolute Gasteiger partial charge is 0.324 e. The van der Waals surface area contributed by atoms with Gasteiger partial charge in [0.15, 0.2) is 0 Å². The minimum Gasteiger partial charge on any atom is -0.324 e. The van der Waals surface area contributed by atoms with Crippen molar-refractivity contribution in [3.8, 4) is 6.07 Å². The third kappa shape index (κ3) is 3.14. The highest BCUT2D eigenvalue weighted by Gasteiger charge is 2.25. The van der Waals surface area contributed by atoms with Crippen molar-refractivity contribution in [2.75, 3.05) is 11.9 Å². The van der Waals surface area contributed by atoms with Crippen molar-refractivity contribution in [1.29, 1.82) is 5.26 Å². The Bertz CT molecular complexity index is 565. The summed E-state index contributed by atoms with van der Waals surface area (Å²) in [7, 11) is 0. The molecule has 1 aliphatic heterocycles. The van der Waals surface area contributed by atoms with E-state index in [1.807, 2.05) is 6.07 Å². The predicted molar refractivity (Wildman–Crippen MR) is 74.7 cm³/mol. The Morgan fingerprint density at radius 1 is 1.55 bits per heavy atom. The third-order valence-electron chi connectivity index (χ3n) is 3.71. The van der Waals surface area contributed by atoms with Crippen LogP contribution in [-0.2, 0) is 4.79 Å². The van der Waals surface area contributed by atoms with E-state index in [1.165, 1.54) is 12.1 Å². The van der Waals surface area contributed by atoms with Gasteiger partial charge in [-0.25, -0.2) is 4.39 Å². The molecular weight excluding hydrogens is 257 g/mol. The van der Waals surface area contributed by atoms with E-state index < -0.39 is 5.82 Å². The van der Waals surface area contributed by atoms with E-state index in [0.717, 1.165) is 19.4 Å². The number of amides is 1. The number of nitrogens with one attached hydrogen (secondary N) is 2. The van der Waals surface area contributed by atoms with Gasteiger partial charge in [0.2, 0.25) is 5.91 Å². The number of nitriles is 1. The van der Waals surface area contributed by atoms with E-state index in [4.69, 9.17) is 5.26 Å². The number of halogens is 1. The molecule has 1 amide bonds. The number of piperidine rings is 1. The average molecular weight is 275 g/mol.